The molecule has 84 valence electrons. The SMILES string of the molecule is c1c[nH]c(CNc2ccc3nccnc3n2)n1. The number of imidazole rings is 1. The highest BCUT2D eigenvalue weighted by Crippen LogP contribution is 2.10. The lowest BCUT2D eigenvalue weighted by Gasteiger charge is -2.03. The zero-order valence-electron chi connectivity index (χ0n) is 8.96. The highest BCUT2D eigenvalue weighted by Gasteiger charge is 2.00. The first-order valence-electron chi connectivity index (χ1n) is 5.22. The van der Waals surface area contributed by atoms with Gasteiger partial charge in [0.15, 0.2) is 5.65 Å². The second kappa shape index (κ2) is 4.17. The summed E-state index contributed by atoms with van der Waals surface area (Å²) in [4.78, 5) is 19.8. The van der Waals surface area contributed by atoms with Gasteiger partial charge in [-0.25, -0.2) is 15.0 Å². The molecule has 2 N–H and O–H groups in total. The number of anilines is 1. The molecule has 0 bridgehead atoms. The molecule has 3 rings (SSSR count). The van der Waals surface area contributed by atoms with E-state index in [-0.39, 0.29) is 0 Å². The van der Waals surface area contributed by atoms with Gasteiger partial charge in [-0.1, -0.05) is 0 Å². The lowest BCUT2D eigenvalue weighted by Crippen LogP contribution is -2.03. The average Bonchev–Trinajstić information content (AvgIpc) is 2.89. The molecule has 0 amide bonds. The van der Waals surface area contributed by atoms with Crippen LogP contribution in [0.1, 0.15) is 5.82 Å². The molecule has 0 saturated heterocycles. The number of aromatic nitrogens is 5. The summed E-state index contributed by atoms with van der Waals surface area (Å²) in [5.74, 6) is 1.63. The van der Waals surface area contributed by atoms with E-state index in [1.165, 1.54) is 0 Å². The summed E-state index contributed by atoms with van der Waals surface area (Å²) >= 11 is 0. The first-order chi connectivity index (χ1) is 8.42. The molecule has 6 nitrogen and oxygen atoms in total. The van der Waals surface area contributed by atoms with Gasteiger partial charge in [0.05, 0.1) is 6.54 Å². The molecule has 3 aromatic rings. The van der Waals surface area contributed by atoms with Gasteiger partial charge < -0.3 is 10.3 Å². The lowest BCUT2D eigenvalue weighted by molar-refractivity contribution is 0.989. The largest absolute Gasteiger partial charge is 0.363 e. The fourth-order valence-electron chi connectivity index (χ4n) is 1.52. The minimum absolute atomic E-state index is 0.603. The van der Waals surface area contributed by atoms with E-state index in [0.29, 0.717) is 12.2 Å². The highest BCUT2D eigenvalue weighted by atomic mass is 15.0. The molecule has 0 fully saturated rings. The summed E-state index contributed by atoms with van der Waals surface area (Å²) < 4.78 is 0. The summed E-state index contributed by atoms with van der Waals surface area (Å²) in [6.07, 6.45) is 6.79. The fourth-order valence-corrected chi connectivity index (χ4v) is 1.52. The third kappa shape index (κ3) is 2.05. The molecular formula is C11H10N6. The molecule has 17 heavy (non-hydrogen) atoms. The van der Waals surface area contributed by atoms with E-state index in [1.807, 2.05) is 12.1 Å². The Morgan fingerprint density at radius 3 is 2.88 bits per heavy atom. The van der Waals surface area contributed by atoms with Gasteiger partial charge in [-0.3, -0.25) is 4.98 Å². The number of nitrogens with one attached hydrogen (secondary N) is 2. The predicted molar refractivity (Wildman–Crippen MR) is 63.2 cm³/mol. The Morgan fingerprint density at radius 2 is 2.00 bits per heavy atom. The average molecular weight is 226 g/mol. The molecule has 0 aliphatic carbocycles. The van der Waals surface area contributed by atoms with Crippen molar-refractivity contribution in [3.8, 4) is 0 Å². The molecular weight excluding hydrogens is 216 g/mol. The summed E-state index contributed by atoms with van der Waals surface area (Å²) in [6.45, 7) is 0.603. The Balaban J connectivity index is 1.81. The molecule has 0 spiro atoms. The molecule has 0 aliphatic rings. The van der Waals surface area contributed by atoms with Gasteiger partial charge in [0.25, 0.3) is 0 Å². The lowest BCUT2D eigenvalue weighted by atomic mass is 10.4. The van der Waals surface area contributed by atoms with Gasteiger partial charge in [-0.15, -0.1) is 0 Å². The number of fused-ring (bicyclic) bond motifs is 1. The number of hydrogen-bond acceptors (Lipinski definition) is 5. The van der Waals surface area contributed by atoms with Crippen molar-refractivity contribution in [1.29, 1.82) is 0 Å². The van der Waals surface area contributed by atoms with Gasteiger partial charge in [0.1, 0.15) is 17.2 Å². The number of aromatic amines is 1. The maximum absolute atomic E-state index is 4.35. The molecule has 6 heteroatoms. The van der Waals surface area contributed by atoms with Gasteiger partial charge in [-0.05, 0) is 12.1 Å². The summed E-state index contributed by atoms with van der Waals surface area (Å²) in [6, 6.07) is 3.76. The Labute approximate surface area is 97.2 Å². The van der Waals surface area contributed by atoms with Crippen LogP contribution < -0.4 is 5.32 Å². The smallest absolute Gasteiger partial charge is 0.180 e. The predicted octanol–water partition coefficient (Wildman–Crippen LogP) is 1.36. The van der Waals surface area contributed by atoms with Crippen LogP contribution in [-0.2, 0) is 6.54 Å². The first-order valence-corrected chi connectivity index (χ1v) is 5.22. The first kappa shape index (κ1) is 9.71. The third-order valence-electron chi connectivity index (χ3n) is 2.32. The maximum Gasteiger partial charge on any atom is 0.180 e. The van der Waals surface area contributed by atoms with Crippen LogP contribution in [0, 0.1) is 0 Å². The second-order valence-electron chi connectivity index (χ2n) is 3.48. The van der Waals surface area contributed by atoms with Crippen molar-refractivity contribution in [3.05, 3.63) is 42.7 Å². The maximum atomic E-state index is 4.35. The van der Waals surface area contributed by atoms with E-state index in [4.69, 9.17) is 0 Å². The Bertz CT molecular complexity index is 619. The number of nitrogens with zero attached hydrogens (tertiary/aromatic N) is 4. The Hall–Kier alpha value is -2.50. The molecule has 0 aliphatic heterocycles. The third-order valence-corrected chi connectivity index (χ3v) is 2.32. The van der Waals surface area contributed by atoms with Crippen LogP contribution >= 0.6 is 0 Å². The van der Waals surface area contributed by atoms with E-state index in [2.05, 4.69) is 30.2 Å². The van der Waals surface area contributed by atoms with E-state index in [9.17, 15) is 0 Å². The van der Waals surface area contributed by atoms with Crippen LogP contribution in [0.25, 0.3) is 11.2 Å². The van der Waals surface area contributed by atoms with Crippen molar-refractivity contribution >= 4 is 17.0 Å². The van der Waals surface area contributed by atoms with Crippen LogP contribution in [0.15, 0.2) is 36.9 Å². The van der Waals surface area contributed by atoms with E-state index >= 15 is 0 Å². The monoisotopic (exact) mass is 226 g/mol. The number of hydrogen-bond donors (Lipinski definition) is 2. The van der Waals surface area contributed by atoms with Gasteiger partial charge in [0, 0.05) is 24.8 Å². The van der Waals surface area contributed by atoms with Crippen LogP contribution in [0.3, 0.4) is 0 Å². The van der Waals surface area contributed by atoms with Crippen molar-refractivity contribution < 1.29 is 0 Å². The minimum atomic E-state index is 0.603. The Morgan fingerprint density at radius 1 is 1.06 bits per heavy atom. The summed E-state index contributed by atoms with van der Waals surface area (Å²) in [7, 11) is 0. The van der Waals surface area contributed by atoms with Crippen molar-refractivity contribution in [1.82, 2.24) is 24.9 Å². The molecule has 0 radical (unpaired) electrons. The fraction of sp³-hybridized carbons (Fsp3) is 0.0909. The number of pyridine rings is 1. The topological polar surface area (TPSA) is 79.4 Å². The van der Waals surface area contributed by atoms with Crippen LogP contribution in [0.4, 0.5) is 5.82 Å². The van der Waals surface area contributed by atoms with Crippen LogP contribution in [-0.4, -0.2) is 24.9 Å². The van der Waals surface area contributed by atoms with E-state index in [0.717, 1.165) is 17.2 Å². The Kier molecular flexibility index (Phi) is 2.38. The summed E-state index contributed by atoms with van der Waals surface area (Å²) in [5, 5.41) is 3.17. The van der Waals surface area contributed by atoms with E-state index < -0.39 is 0 Å². The molecule has 0 aromatic carbocycles. The zero-order valence-corrected chi connectivity index (χ0v) is 8.96. The number of rotatable bonds is 3. The molecule has 3 aromatic heterocycles. The van der Waals surface area contributed by atoms with E-state index in [1.54, 1.807) is 24.8 Å². The van der Waals surface area contributed by atoms with Crippen molar-refractivity contribution in [2.75, 3.05) is 5.32 Å². The number of H-pyrrole nitrogens is 1. The second-order valence-corrected chi connectivity index (χ2v) is 3.48. The van der Waals surface area contributed by atoms with Crippen molar-refractivity contribution in [2.24, 2.45) is 0 Å². The van der Waals surface area contributed by atoms with Gasteiger partial charge in [0.2, 0.25) is 0 Å². The zero-order chi connectivity index (χ0) is 11.5. The molecule has 3 heterocycles. The quantitative estimate of drug-likeness (QED) is 0.705. The highest BCUT2D eigenvalue weighted by molar-refractivity contribution is 5.71. The molecule has 0 atom stereocenters. The standard InChI is InChI=1S/C11H10N6/c1-2-9(16-7-10-13-4-5-14-10)17-11-8(1)12-3-6-15-11/h1-6H,7H2,(H,13,14)(H,15,16,17). The van der Waals surface area contributed by atoms with Gasteiger partial charge >= 0.3 is 0 Å². The molecule has 0 saturated carbocycles. The normalized spacial score (nSPS) is 10.6. The van der Waals surface area contributed by atoms with Crippen LogP contribution in [0.2, 0.25) is 0 Å². The van der Waals surface area contributed by atoms with Gasteiger partial charge in [-0.2, -0.15) is 0 Å². The summed E-state index contributed by atoms with van der Waals surface area (Å²) in [5.41, 5.74) is 1.42. The minimum Gasteiger partial charge on any atom is -0.363 e. The molecule has 0 unspecified atom stereocenters. The van der Waals surface area contributed by atoms with Crippen molar-refractivity contribution in [3.63, 3.8) is 0 Å². The van der Waals surface area contributed by atoms with Crippen molar-refractivity contribution in [2.45, 2.75) is 6.54 Å². The van der Waals surface area contributed by atoms with Crippen LogP contribution in [0.5, 0.6) is 0 Å².